The summed E-state index contributed by atoms with van der Waals surface area (Å²) in [5.41, 5.74) is 5.72. The van der Waals surface area contributed by atoms with Crippen molar-refractivity contribution in [2.45, 2.75) is 24.7 Å². The number of hydrogen-bond donors (Lipinski definition) is 0. The SMILES string of the molecule is Cc1ccc(C2C(c3ccccc3)C2c2ccccc2)cc1. The maximum atomic E-state index is 2.30. The Bertz CT molecular complexity index is 696. The van der Waals surface area contributed by atoms with Gasteiger partial charge in [0, 0.05) is 0 Å². The van der Waals surface area contributed by atoms with Gasteiger partial charge in [-0.3, -0.25) is 0 Å². The third kappa shape index (κ3) is 2.35. The Hall–Kier alpha value is -2.34. The number of aryl methyl sites for hydroxylation is 1. The highest BCUT2D eigenvalue weighted by Gasteiger charge is 2.52. The highest BCUT2D eigenvalue weighted by atomic mass is 14.5. The lowest BCUT2D eigenvalue weighted by atomic mass is 10.0. The molecule has 108 valence electrons. The molecule has 1 fully saturated rings. The summed E-state index contributed by atoms with van der Waals surface area (Å²) in [5.74, 6) is 1.81. The lowest BCUT2D eigenvalue weighted by Crippen LogP contribution is -1.84. The van der Waals surface area contributed by atoms with Crippen molar-refractivity contribution in [2.24, 2.45) is 0 Å². The van der Waals surface area contributed by atoms with Crippen LogP contribution in [0.25, 0.3) is 0 Å². The van der Waals surface area contributed by atoms with E-state index in [0.29, 0.717) is 17.8 Å². The van der Waals surface area contributed by atoms with Crippen molar-refractivity contribution in [3.8, 4) is 0 Å². The molecule has 2 unspecified atom stereocenters. The molecule has 1 saturated carbocycles. The van der Waals surface area contributed by atoms with Crippen molar-refractivity contribution in [3.63, 3.8) is 0 Å². The monoisotopic (exact) mass is 284 g/mol. The molecule has 0 spiro atoms. The quantitative estimate of drug-likeness (QED) is 0.582. The third-order valence-corrected chi connectivity index (χ3v) is 4.85. The highest BCUT2D eigenvalue weighted by molar-refractivity contribution is 5.47. The Kier molecular flexibility index (Phi) is 3.31. The summed E-state index contributed by atoms with van der Waals surface area (Å²) in [6.45, 7) is 2.15. The Balaban J connectivity index is 1.73. The first-order valence-corrected chi connectivity index (χ1v) is 8.01. The molecule has 0 aromatic heterocycles. The van der Waals surface area contributed by atoms with E-state index in [1.165, 1.54) is 22.3 Å². The molecule has 0 heterocycles. The van der Waals surface area contributed by atoms with Crippen LogP contribution in [0.1, 0.15) is 40.0 Å². The zero-order valence-corrected chi connectivity index (χ0v) is 12.8. The molecule has 1 aliphatic rings. The third-order valence-electron chi connectivity index (χ3n) is 4.85. The minimum atomic E-state index is 0.602. The largest absolute Gasteiger partial charge is 0.0622 e. The second kappa shape index (κ2) is 5.46. The van der Waals surface area contributed by atoms with E-state index in [1.807, 2.05) is 0 Å². The molecule has 3 aromatic rings. The molecule has 4 rings (SSSR count). The summed E-state index contributed by atoms with van der Waals surface area (Å²) in [4.78, 5) is 0. The molecule has 0 radical (unpaired) electrons. The lowest BCUT2D eigenvalue weighted by molar-refractivity contribution is 1.02. The average molecular weight is 284 g/mol. The molecule has 0 bridgehead atoms. The molecule has 2 atom stereocenters. The first-order chi connectivity index (χ1) is 10.8. The Morgan fingerprint density at radius 3 is 1.23 bits per heavy atom. The second-order valence-corrected chi connectivity index (χ2v) is 6.31. The molecule has 3 aromatic carbocycles. The summed E-state index contributed by atoms with van der Waals surface area (Å²) >= 11 is 0. The molecule has 0 amide bonds. The first-order valence-electron chi connectivity index (χ1n) is 8.01. The lowest BCUT2D eigenvalue weighted by Gasteiger charge is -2.01. The molecule has 22 heavy (non-hydrogen) atoms. The van der Waals surface area contributed by atoms with Gasteiger partial charge in [0.1, 0.15) is 0 Å². The van der Waals surface area contributed by atoms with Crippen LogP contribution in [0.2, 0.25) is 0 Å². The van der Waals surface area contributed by atoms with Crippen LogP contribution in [0.5, 0.6) is 0 Å². The average Bonchev–Trinajstić information content (AvgIpc) is 3.33. The molecule has 0 nitrogen and oxygen atoms in total. The normalized spacial score (nSPS) is 23.2. The van der Waals surface area contributed by atoms with Crippen molar-refractivity contribution in [1.82, 2.24) is 0 Å². The van der Waals surface area contributed by atoms with E-state index in [4.69, 9.17) is 0 Å². The Morgan fingerprint density at radius 2 is 0.818 bits per heavy atom. The van der Waals surface area contributed by atoms with Crippen LogP contribution in [0.4, 0.5) is 0 Å². The van der Waals surface area contributed by atoms with Gasteiger partial charge < -0.3 is 0 Å². The molecule has 0 N–H and O–H groups in total. The van der Waals surface area contributed by atoms with Gasteiger partial charge in [0.2, 0.25) is 0 Å². The van der Waals surface area contributed by atoms with Crippen LogP contribution in [0.3, 0.4) is 0 Å². The highest BCUT2D eigenvalue weighted by Crippen LogP contribution is 2.66. The molecule has 0 aliphatic heterocycles. The van der Waals surface area contributed by atoms with Crippen molar-refractivity contribution >= 4 is 0 Å². The molecular formula is C22H20. The Morgan fingerprint density at radius 1 is 0.455 bits per heavy atom. The minimum Gasteiger partial charge on any atom is -0.0622 e. The maximum absolute atomic E-state index is 2.30. The molecular weight excluding hydrogens is 264 g/mol. The van der Waals surface area contributed by atoms with Crippen molar-refractivity contribution < 1.29 is 0 Å². The van der Waals surface area contributed by atoms with Gasteiger partial charge in [0.25, 0.3) is 0 Å². The summed E-state index contributed by atoms with van der Waals surface area (Å²) in [6, 6.07) is 31.0. The fraction of sp³-hybridized carbons (Fsp3) is 0.182. The van der Waals surface area contributed by atoms with E-state index < -0.39 is 0 Å². The fourth-order valence-corrected chi connectivity index (χ4v) is 3.69. The van der Waals surface area contributed by atoms with Gasteiger partial charge in [-0.05, 0) is 41.4 Å². The van der Waals surface area contributed by atoms with E-state index in [0.717, 1.165) is 0 Å². The van der Waals surface area contributed by atoms with Crippen LogP contribution in [0.15, 0.2) is 84.9 Å². The molecule has 0 saturated heterocycles. The van der Waals surface area contributed by atoms with Gasteiger partial charge in [-0.2, -0.15) is 0 Å². The predicted octanol–water partition coefficient (Wildman–Crippen LogP) is 5.66. The molecule has 1 aliphatic carbocycles. The minimum absolute atomic E-state index is 0.602. The summed E-state index contributed by atoms with van der Waals surface area (Å²) in [5, 5.41) is 0. The van der Waals surface area contributed by atoms with E-state index in [9.17, 15) is 0 Å². The van der Waals surface area contributed by atoms with E-state index in [1.54, 1.807) is 0 Å². The van der Waals surface area contributed by atoms with E-state index in [2.05, 4.69) is 91.9 Å². The summed E-state index contributed by atoms with van der Waals surface area (Å²) in [7, 11) is 0. The van der Waals surface area contributed by atoms with Crippen LogP contribution in [-0.4, -0.2) is 0 Å². The second-order valence-electron chi connectivity index (χ2n) is 6.31. The number of rotatable bonds is 3. The topological polar surface area (TPSA) is 0 Å². The maximum Gasteiger partial charge on any atom is -0.00120 e. The zero-order valence-electron chi connectivity index (χ0n) is 12.8. The summed E-state index contributed by atoms with van der Waals surface area (Å²) in [6.07, 6.45) is 0. The van der Waals surface area contributed by atoms with Crippen molar-refractivity contribution in [3.05, 3.63) is 107 Å². The van der Waals surface area contributed by atoms with Crippen molar-refractivity contribution in [1.29, 1.82) is 0 Å². The van der Waals surface area contributed by atoms with Gasteiger partial charge in [0.15, 0.2) is 0 Å². The molecule has 0 heteroatoms. The van der Waals surface area contributed by atoms with Gasteiger partial charge in [-0.15, -0.1) is 0 Å². The predicted molar refractivity (Wildman–Crippen MR) is 92.3 cm³/mol. The summed E-state index contributed by atoms with van der Waals surface area (Å²) < 4.78 is 0. The smallest absolute Gasteiger partial charge is 0.00120 e. The fourth-order valence-electron chi connectivity index (χ4n) is 3.69. The Labute approximate surface area is 132 Å². The number of benzene rings is 3. The van der Waals surface area contributed by atoms with Gasteiger partial charge >= 0.3 is 0 Å². The van der Waals surface area contributed by atoms with Gasteiger partial charge in [-0.25, -0.2) is 0 Å². The van der Waals surface area contributed by atoms with Crippen LogP contribution in [0, 0.1) is 6.92 Å². The first kappa shape index (κ1) is 13.3. The van der Waals surface area contributed by atoms with Crippen LogP contribution < -0.4 is 0 Å². The van der Waals surface area contributed by atoms with E-state index in [-0.39, 0.29) is 0 Å². The van der Waals surface area contributed by atoms with Crippen LogP contribution in [-0.2, 0) is 0 Å². The van der Waals surface area contributed by atoms with Gasteiger partial charge in [0.05, 0.1) is 0 Å². The van der Waals surface area contributed by atoms with E-state index >= 15 is 0 Å². The standard InChI is InChI=1S/C22H20/c1-16-12-14-19(15-13-16)22-20(17-8-4-2-5-9-17)21(22)18-10-6-3-7-11-18/h2-15,20-22H,1H3. The van der Waals surface area contributed by atoms with Crippen molar-refractivity contribution in [2.75, 3.05) is 0 Å². The number of hydrogen-bond acceptors (Lipinski definition) is 0. The van der Waals surface area contributed by atoms with Crippen LogP contribution >= 0.6 is 0 Å². The van der Waals surface area contributed by atoms with Gasteiger partial charge in [-0.1, -0.05) is 90.5 Å². The zero-order chi connectivity index (χ0) is 14.9.